The Morgan fingerprint density at radius 2 is 0.644 bits per heavy atom. The molecule has 0 radical (unpaired) electrons. The van der Waals surface area contributed by atoms with E-state index in [4.69, 9.17) is 0 Å². The van der Waals surface area contributed by atoms with Gasteiger partial charge in [-0.15, -0.1) is 0 Å². The van der Waals surface area contributed by atoms with Crippen LogP contribution >= 0.6 is 0 Å². The minimum atomic E-state index is -0.276. The van der Waals surface area contributed by atoms with E-state index in [2.05, 4.69) is 57.7 Å². The molecule has 2 aromatic rings. The lowest BCUT2D eigenvalue weighted by atomic mass is 9.75. The molecular formula is C39H60N4O2. The van der Waals surface area contributed by atoms with Crippen LogP contribution < -0.4 is 0 Å². The Morgan fingerprint density at radius 3 is 0.867 bits per heavy atom. The van der Waals surface area contributed by atoms with Gasteiger partial charge in [-0.3, -0.25) is 19.6 Å². The molecule has 45 heavy (non-hydrogen) atoms. The van der Waals surface area contributed by atoms with Gasteiger partial charge in [0.1, 0.15) is 11.5 Å². The number of benzene rings is 2. The second-order valence-corrected chi connectivity index (χ2v) is 15.3. The van der Waals surface area contributed by atoms with Crippen molar-refractivity contribution in [2.24, 2.45) is 0 Å². The standard InChI is InChI=1S/C39H60N4O2/c1-39(2,35-23-31(27-40-15-7-3-8-16-40)37(44)32(24-35)28-41-17-9-4-10-18-41)36-25-33(29-42-19-11-5-12-20-42)38(45)34(26-36)30-43-21-13-6-14-22-43/h23-26,44-45H,3-22,27-30H2,1-2H3. The first-order valence-electron chi connectivity index (χ1n) is 18.5. The van der Waals surface area contributed by atoms with Crippen LogP contribution in [-0.2, 0) is 31.6 Å². The third-order valence-electron chi connectivity index (χ3n) is 11.3. The molecule has 2 aromatic carbocycles. The van der Waals surface area contributed by atoms with Crippen molar-refractivity contribution in [1.29, 1.82) is 0 Å². The zero-order valence-corrected chi connectivity index (χ0v) is 28.5. The molecule has 0 atom stereocenters. The molecule has 0 spiro atoms. The molecule has 0 aromatic heterocycles. The van der Waals surface area contributed by atoms with Gasteiger partial charge in [0.05, 0.1) is 0 Å². The highest BCUT2D eigenvalue weighted by molar-refractivity contribution is 5.52. The predicted octanol–water partition coefficient (Wildman–Crippen LogP) is 7.37. The third-order valence-corrected chi connectivity index (χ3v) is 11.3. The second-order valence-electron chi connectivity index (χ2n) is 15.3. The summed E-state index contributed by atoms with van der Waals surface area (Å²) in [6, 6.07) is 9.24. The first-order valence-corrected chi connectivity index (χ1v) is 18.5. The van der Waals surface area contributed by atoms with E-state index in [0.29, 0.717) is 11.5 Å². The lowest BCUT2D eigenvalue weighted by Gasteiger charge is -2.33. The summed E-state index contributed by atoms with van der Waals surface area (Å²) in [5, 5.41) is 23.4. The Balaban J connectivity index is 1.37. The van der Waals surface area contributed by atoms with Gasteiger partial charge < -0.3 is 10.2 Å². The van der Waals surface area contributed by atoms with Gasteiger partial charge in [0.25, 0.3) is 0 Å². The molecule has 0 saturated carbocycles. The summed E-state index contributed by atoms with van der Waals surface area (Å²) < 4.78 is 0. The second kappa shape index (κ2) is 15.2. The fourth-order valence-corrected chi connectivity index (χ4v) is 8.32. The van der Waals surface area contributed by atoms with Crippen molar-refractivity contribution < 1.29 is 10.2 Å². The molecule has 248 valence electrons. The summed E-state index contributed by atoms with van der Waals surface area (Å²) in [6.45, 7) is 16.9. The molecule has 6 heteroatoms. The molecule has 4 saturated heterocycles. The van der Waals surface area contributed by atoms with Crippen LogP contribution in [0.5, 0.6) is 11.5 Å². The minimum Gasteiger partial charge on any atom is -0.507 e. The molecule has 0 amide bonds. The molecule has 0 unspecified atom stereocenters. The lowest BCUT2D eigenvalue weighted by molar-refractivity contribution is 0.212. The van der Waals surface area contributed by atoms with Crippen LogP contribution in [0.15, 0.2) is 24.3 Å². The van der Waals surface area contributed by atoms with E-state index >= 15 is 0 Å². The SMILES string of the molecule is CC(C)(c1cc(CN2CCCCC2)c(O)c(CN2CCCCC2)c1)c1cc(CN2CCCCC2)c(O)c(CN2CCCCC2)c1. The maximum absolute atomic E-state index is 11.7. The van der Waals surface area contributed by atoms with Crippen LogP contribution in [0.2, 0.25) is 0 Å². The van der Waals surface area contributed by atoms with Crippen molar-refractivity contribution >= 4 is 0 Å². The van der Waals surface area contributed by atoms with Crippen molar-refractivity contribution in [1.82, 2.24) is 19.6 Å². The number of rotatable bonds is 10. The minimum absolute atomic E-state index is 0.276. The Hall–Kier alpha value is -2.12. The Kier molecular flexibility index (Phi) is 11.1. The Morgan fingerprint density at radius 1 is 0.422 bits per heavy atom. The normalized spacial score (nSPS) is 21.7. The van der Waals surface area contributed by atoms with Gasteiger partial charge in [-0.1, -0.05) is 39.5 Å². The average Bonchev–Trinajstić information content (AvgIpc) is 3.06. The van der Waals surface area contributed by atoms with Crippen LogP contribution in [-0.4, -0.2) is 82.2 Å². The van der Waals surface area contributed by atoms with Crippen LogP contribution in [0.3, 0.4) is 0 Å². The molecule has 4 fully saturated rings. The van der Waals surface area contributed by atoms with Crippen molar-refractivity contribution in [2.75, 3.05) is 52.4 Å². The summed E-state index contributed by atoms with van der Waals surface area (Å²) in [4.78, 5) is 10.1. The molecular weight excluding hydrogens is 556 g/mol. The first kappa shape index (κ1) is 32.8. The molecule has 6 nitrogen and oxygen atoms in total. The number of aromatic hydroxyl groups is 2. The van der Waals surface area contributed by atoms with Gasteiger partial charge in [0.2, 0.25) is 0 Å². The van der Waals surface area contributed by atoms with Gasteiger partial charge in [0.15, 0.2) is 0 Å². The van der Waals surface area contributed by atoms with Crippen molar-refractivity contribution in [3.05, 3.63) is 57.6 Å². The van der Waals surface area contributed by atoms with Crippen molar-refractivity contribution in [3.63, 3.8) is 0 Å². The maximum Gasteiger partial charge on any atom is 0.124 e. The Bertz CT molecular complexity index is 1070. The van der Waals surface area contributed by atoms with Crippen LogP contribution in [0.1, 0.15) is 124 Å². The number of phenolic OH excluding ortho intramolecular Hbond substituents is 2. The number of phenols is 2. The van der Waals surface area contributed by atoms with E-state index in [1.807, 2.05) is 0 Å². The van der Waals surface area contributed by atoms with Crippen LogP contribution in [0.4, 0.5) is 0 Å². The molecule has 2 N–H and O–H groups in total. The molecule has 0 bridgehead atoms. The zero-order valence-electron chi connectivity index (χ0n) is 28.5. The zero-order chi connectivity index (χ0) is 31.2. The molecule has 4 aliphatic rings. The molecule has 6 rings (SSSR count). The number of likely N-dealkylation sites (tertiary alicyclic amines) is 4. The molecule has 4 heterocycles. The summed E-state index contributed by atoms with van der Waals surface area (Å²) >= 11 is 0. The topological polar surface area (TPSA) is 53.4 Å². The number of hydrogen-bond donors (Lipinski definition) is 2. The van der Waals surface area contributed by atoms with E-state index < -0.39 is 0 Å². The summed E-state index contributed by atoms with van der Waals surface area (Å²) in [6.07, 6.45) is 15.3. The van der Waals surface area contributed by atoms with Gasteiger partial charge in [-0.25, -0.2) is 0 Å². The number of piperidine rings is 4. The highest BCUT2D eigenvalue weighted by Gasteiger charge is 2.30. The summed E-state index contributed by atoms with van der Waals surface area (Å²) in [5.74, 6) is 1.01. The van der Waals surface area contributed by atoms with Gasteiger partial charge in [-0.05, 0) is 139 Å². The molecule has 0 aliphatic carbocycles. The van der Waals surface area contributed by atoms with E-state index in [9.17, 15) is 10.2 Å². The highest BCUT2D eigenvalue weighted by atomic mass is 16.3. The van der Waals surface area contributed by atoms with E-state index in [0.717, 1.165) is 101 Å². The quantitative estimate of drug-likeness (QED) is 0.291. The average molecular weight is 617 g/mol. The fourth-order valence-electron chi connectivity index (χ4n) is 8.32. The van der Waals surface area contributed by atoms with E-state index in [-0.39, 0.29) is 5.41 Å². The third kappa shape index (κ3) is 8.25. The van der Waals surface area contributed by atoms with Gasteiger partial charge in [-0.2, -0.15) is 0 Å². The largest absolute Gasteiger partial charge is 0.507 e. The fraction of sp³-hybridized carbons (Fsp3) is 0.692. The number of nitrogens with zero attached hydrogens (tertiary/aromatic N) is 4. The predicted molar refractivity (Wildman–Crippen MR) is 185 cm³/mol. The van der Waals surface area contributed by atoms with E-state index in [1.54, 1.807) is 0 Å². The highest BCUT2D eigenvalue weighted by Crippen LogP contribution is 2.40. The monoisotopic (exact) mass is 616 g/mol. The van der Waals surface area contributed by atoms with E-state index in [1.165, 1.54) is 88.2 Å². The first-order chi connectivity index (χ1) is 21.9. The van der Waals surface area contributed by atoms with Crippen molar-refractivity contribution in [3.8, 4) is 11.5 Å². The van der Waals surface area contributed by atoms with Crippen LogP contribution in [0, 0.1) is 0 Å². The lowest BCUT2D eigenvalue weighted by Crippen LogP contribution is -2.31. The Labute approximate surface area is 273 Å². The summed E-state index contributed by atoms with van der Waals surface area (Å²) in [7, 11) is 0. The summed E-state index contributed by atoms with van der Waals surface area (Å²) in [5.41, 5.74) is 6.59. The molecule has 4 aliphatic heterocycles. The van der Waals surface area contributed by atoms with Crippen LogP contribution in [0.25, 0.3) is 0 Å². The van der Waals surface area contributed by atoms with Gasteiger partial charge in [0, 0.05) is 53.8 Å². The number of hydrogen-bond acceptors (Lipinski definition) is 6. The van der Waals surface area contributed by atoms with Gasteiger partial charge >= 0.3 is 0 Å². The van der Waals surface area contributed by atoms with Crippen molar-refractivity contribution in [2.45, 2.75) is 122 Å². The smallest absolute Gasteiger partial charge is 0.124 e. The maximum atomic E-state index is 11.7.